The minimum absolute atomic E-state index is 0.00819. The van der Waals surface area contributed by atoms with Crippen LogP contribution in [0, 0.1) is 0 Å². The minimum atomic E-state index is -1.39. The first-order valence-electron chi connectivity index (χ1n) is 9.83. The fourth-order valence-electron chi connectivity index (χ4n) is 3.83. The highest BCUT2D eigenvalue weighted by Crippen LogP contribution is 2.45. The second-order valence-electron chi connectivity index (χ2n) is 7.02. The molecule has 2 N–H and O–H groups in total. The highest BCUT2D eigenvalue weighted by molar-refractivity contribution is 6.03. The number of hydrogen-bond acceptors (Lipinski definition) is 7. The zero-order chi connectivity index (χ0) is 23.7. The van der Waals surface area contributed by atoms with Crippen molar-refractivity contribution in [3.8, 4) is 45.4 Å². The van der Waals surface area contributed by atoms with Crippen molar-refractivity contribution in [3.05, 3.63) is 70.4 Å². The van der Waals surface area contributed by atoms with Crippen molar-refractivity contribution in [2.24, 2.45) is 0 Å². The molecule has 0 atom stereocenters. The molecule has 3 aromatic carbocycles. The molecule has 1 aromatic heterocycles. The molecule has 0 unspecified atom stereocenters. The number of carbonyl (C=O) groups is 1. The summed E-state index contributed by atoms with van der Waals surface area (Å²) in [5.41, 5.74) is -0.294. The molecular weight excluding hydrogens is 428 g/mol. The first-order valence-corrected chi connectivity index (χ1v) is 9.83. The normalized spacial score (nSPS) is 10.8. The number of benzene rings is 3. The van der Waals surface area contributed by atoms with Crippen molar-refractivity contribution < 1.29 is 33.6 Å². The zero-order valence-corrected chi connectivity index (χ0v) is 18.0. The summed E-state index contributed by atoms with van der Waals surface area (Å²) in [6.45, 7) is 0. The summed E-state index contributed by atoms with van der Waals surface area (Å²) < 4.78 is 22.4. The third-order valence-electron chi connectivity index (χ3n) is 5.25. The van der Waals surface area contributed by atoms with Gasteiger partial charge in [0.05, 0.1) is 26.9 Å². The van der Waals surface area contributed by atoms with Gasteiger partial charge in [0.15, 0.2) is 11.5 Å². The summed E-state index contributed by atoms with van der Waals surface area (Å²) >= 11 is 0. The van der Waals surface area contributed by atoms with E-state index in [1.807, 2.05) is 0 Å². The van der Waals surface area contributed by atoms with Crippen LogP contribution in [0.2, 0.25) is 0 Å². The number of aromatic hydroxyl groups is 1. The summed E-state index contributed by atoms with van der Waals surface area (Å²) in [6.07, 6.45) is 0. The predicted octanol–water partition coefficient (Wildman–Crippen LogP) is 4.56. The minimum Gasteiger partial charge on any atom is -0.507 e. The molecule has 0 aliphatic rings. The number of fused-ring (bicyclic) bond motifs is 1. The largest absolute Gasteiger partial charge is 0.507 e. The highest BCUT2D eigenvalue weighted by atomic mass is 16.5. The monoisotopic (exact) mass is 448 g/mol. The van der Waals surface area contributed by atoms with E-state index in [-0.39, 0.29) is 39.4 Å². The lowest BCUT2D eigenvalue weighted by Gasteiger charge is -2.17. The van der Waals surface area contributed by atoms with Crippen molar-refractivity contribution in [2.75, 3.05) is 21.3 Å². The van der Waals surface area contributed by atoms with Crippen molar-refractivity contribution in [3.63, 3.8) is 0 Å². The van der Waals surface area contributed by atoms with E-state index in [2.05, 4.69) is 0 Å². The Kier molecular flexibility index (Phi) is 5.66. The number of phenols is 1. The number of methoxy groups -OCH3 is 3. The molecule has 0 bridgehead atoms. The van der Waals surface area contributed by atoms with E-state index in [4.69, 9.17) is 18.6 Å². The molecule has 168 valence electrons. The lowest BCUT2D eigenvalue weighted by molar-refractivity contribution is 0.0694. The molecule has 0 spiro atoms. The number of carboxylic acid groups (broad SMARTS) is 1. The number of ether oxygens (including phenoxy) is 3. The molecule has 0 aliphatic heterocycles. The van der Waals surface area contributed by atoms with E-state index in [1.54, 1.807) is 30.3 Å². The van der Waals surface area contributed by atoms with Crippen molar-refractivity contribution in [1.82, 2.24) is 0 Å². The van der Waals surface area contributed by atoms with Gasteiger partial charge >= 0.3 is 5.97 Å². The van der Waals surface area contributed by atoms with E-state index in [0.717, 1.165) is 0 Å². The van der Waals surface area contributed by atoms with Crippen molar-refractivity contribution in [2.45, 2.75) is 0 Å². The molecule has 4 aromatic rings. The average molecular weight is 448 g/mol. The molecule has 1 heterocycles. The van der Waals surface area contributed by atoms with Crippen LogP contribution in [0.3, 0.4) is 0 Å². The van der Waals surface area contributed by atoms with Gasteiger partial charge in [0, 0.05) is 17.2 Å². The number of hydrogen-bond donors (Lipinski definition) is 2. The van der Waals surface area contributed by atoms with Crippen LogP contribution < -0.4 is 19.6 Å². The Labute approximate surface area is 188 Å². The maximum Gasteiger partial charge on any atom is 0.340 e. The Morgan fingerprint density at radius 2 is 1.61 bits per heavy atom. The highest BCUT2D eigenvalue weighted by Gasteiger charge is 2.28. The second-order valence-corrected chi connectivity index (χ2v) is 7.02. The van der Waals surface area contributed by atoms with Crippen LogP contribution in [0.25, 0.3) is 33.4 Å². The SMILES string of the molecule is COc1cc2oc(-c3ccccc3)c(-c3cccc(O)c3C(=O)O)c(=O)c2c(OC)c1OC. The van der Waals surface area contributed by atoms with Gasteiger partial charge in [0.2, 0.25) is 11.2 Å². The van der Waals surface area contributed by atoms with E-state index < -0.39 is 22.7 Å². The molecule has 0 fully saturated rings. The van der Waals surface area contributed by atoms with Crippen molar-refractivity contribution in [1.29, 1.82) is 0 Å². The van der Waals surface area contributed by atoms with Crippen LogP contribution >= 0.6 is 0 Å². The fourth-order valence-corrected chi connectivity index (χ4v) is 3.83. The lowest BCUT2D eigenvalue weighted by atomic mass is 9.94. The Bertz CT molecular complexity index is 1420. The Balaban J connectivity index is 2.25. The van der Waals surface area contributed by atoms with E-state index in [0.29, 0.717) is 11.3 Å². The smallest absolute Gasteiger partial charge is 0.340 e. The van der Waals surface area contributed by atoms with Gasteiger partial charge in [-0.1, -0.05) is 42.5 Å². The molecule has 0 amide bonds. The van der Waals surface area contributed by atoms with Gasteiger partial charge in [-0.05, 0) is 6.07 Å². The van der Waals surface area contributed by atoms with Gasteiger partial charge < -0.3 is 28.8 Å². The predicted molar refractivity (Wildman–Crippen MR) is 122 cm³/mol. The summed E-state index contributed by atoms with van der Waals surface area (Å²) in [7, 11) is 4.22. The Morgan fingerprint density at radius 3 is 2.21 bits per heavy atom. The number of aromatic carboxylic acids is 1. The summed E-state index contributed by atoms with van der Waals surface area (Å²) in [4.78, 5) is 25.9. The topological polar surface area (TPSA) is 115 Å². The zero-order valence-electron chi connectivity index (χ0n) is 18.0. The molecule has 4 rings (SSSR count). The van der Waals surface area contributed by atoms with E-state index in [9.17, 15) is 19.8 Å². The van der Waals surface area contributed by atoms with Gasteiger partial charge in [0.1, 0.15) is 28.0 Å². The summed E-state index contributed by atoms with van der Waals surface area (Å²) in [5, 5.41) is 20.1. The maximum absolute atomic E-state index is 13.9. The standard InChI is InChI=1S/C25H20O8/c1-30-17-12-16-20(24(32-3)23(17)31-2)21(27)19(22(33-16)13-8-5-4-6-9-13)14-10-7-11-15(26)18(14)25(28)29/h4-12,26H,1-3H3,(H,28,29). The van der Waals surface area contributed by atoms with Crippen LogP contribution in [-0.4, -0.2) is 37.5 Å². The number of carboxylic acids is 1. The molecule has 0 aliphatic carbocycles. The fraction of sp³-hybridized carbons (Fsp3) is 0.120. The summed E-state index contributed by atoms with van der Waals surface area (Å²) in [6, 6.07) is 14.4. The molecule has 8 nitrogen and oxygen atoms in total. The molecule has 8 heteroatoms. The van der Waals surface area contributed by atoms with Gasteiger partial charge in [-0.25, -0.2) is 4.79 Å². The van der Waals surface area contributed by atoms with Crippen LogP contribution in [-0.2, 0) is 0 Å². The van der Waals surface area contributed by atoms with Crippen molar-refractivity contribution >= 4 is 16.9 Å². The summed E-state index contributed by atoms with van der Waals surface area (Å²) in [5.74, 6) is -1.17. The van der Waals surface area contributed by atoms with Crippen LogP contribution in [0.1, 0.15) is 10.4 Å². The van der Waals surface area contributed by atoms with Crippen LogP contribution in [0.5, 0.6) is 23.0 Å². The molecular formula is C25H20O8. The molecule has 0 saturated carbocycles. The first kappa shape index (κ1) is 21.8. The first-order chi connectivity index (χ1) is 15.9. The maximum atomic E-state index is 13.9. The Morgan fingerprint density at radius 1 is 0.909 bits per heavy atom. The van der Waals surface area contributed by atoms with E-state index in [1.165, 1.54) is 45.6 Å². The van der Waals surface area contributed by atoms with Crippen LogP contribution in [0.15, 0.2) is 63.8 Å². The molecule has 0 radical (unpaired) electrons. The molecule has 33 heavy (non-hydrogen) atoms. The van der Waals surface area contributed by atoms with Crippen LogP contribution in [0.4, 0.5) is 0 Å². The van der Waals surface area contributed by atoms with E-state index >= 15 is 0 Å². The quantitative estimate of drug-likeness (QED) is 0.441. The lowest BCUT2D eigenvalue weighted by Crippen LogP contribution is -2.12. The van der Waals surface area contributed by atoms with Gasteiger partial charge in [-0.15, -0.1) is 0 Å². The third kappa shape index (κ3) is 3.51. The van der Waals surface area contributed by atoms with Gasteiger partial charge in [-0.3, -0.25) is 4.79 Å². The Hall–Kier alpha value is -4.46. The number of rotatable bonds is 6. The van der Waals surface area contributed by atoms with Gasteiger partial charge in [-0.2, -0.15) is 0 Å². The average Bonchev–Trinajstić information content (AvgIpc) is 2.82. The third-order valence-corrected chi connectivity index (χ3v) is 5.25. The second kappa shape index (κ2) is 8.58. The van der Waals surface area contributed by atoms with Gasteiger partial charge in [0.25, 0.3) is 0 Å². The molecule has 0 saturated heterocycles.